The molecule has 0 unspecified atom stereocenters. The monoisotopic (exact) mass is 130 g/mol. The van der Waals surface area contributed by atoms with E-state index in [-0.39, 0.29) is 17.9 Å². The molecular weight excluding hydrogens is 120 g/mol. The lowest BCUT2D eigenvalue weighted by Crippen LogP contribution is -2.37. The molecule has 1 aliphatic rings. The van der Waals surface area contributed by atoms with Crippen LogP contribution in [0.1, 0.15) is 0 Å². The highest BCUT2D eigenvalue weighted by molar-refractivity contribution is 5.77. The molecule has 4 N–H and O–H groups in total. The third kappa shape index (κ3) is 1.20. The predicted molar refractivity (Wildman–Crippen MR) is 31.5 cm³/mol. The first kappa shape index (κ1) is 6.51. The van der Waals surface area contributed by atoms with E-state index in [2.05, 4.69) is 0 Å². The van der Waals surface area contributed by atoms with Crippen LogP contribution in [0.25, 0.3) is 0 Å². The second-order valence-corrected chi connectivity index (χ2v) is 2.21. The average Bonchev–Trinajstić information content (AvgIpc) is 2.13. The predicted octanol–water partition coefficient (Wildman–Crippen LogP) is -1.55. The molecule has 0 aromatic carbocycles. The summed E-state index contributed by atoms with van der Waals surface area (Å²) in [5.41, 5.74) is 10.4. The Bertz CT molecular complexity index is 126. The Labute approximate surface area is 53.1 Å². The van der Waals surface area contributed by atoms with Gasteiger partial charge >= 0.3 is 0 Å². The van der Waals surface area contributed by atoms with Crippen molar-refractivity contribution in [2.75, 3.05) is 13.2 Å². The van der Waals surface area contributed by atoms with E-state index in [4.69, 9.17) is 16.2 Å². The molecule has 0 aliphatic carbocycles. The van der Waals surface area contributed by atoms with E-state index in [1.807, 2.05) is 0 Å². The summed E-state index contributed by atoms with van der Waals surface area (Å²) in [6.07, 6.45) is 0. The van der Waals surface area contributed by atoms with Gasteiger partial charge in [0.1, 0.15) is 0 Å². The fourth-order valence-corrected chi connectivity index (χ4v) is 0.864. The van der Waals surface area contributed by atoms with Crippen LogP contribution in [0.15, 0.2) is 0 Å². The summed E-state index contributed by atoms with van der Waals surface area (Å²) in [7, 11) is 0. The van der Waals surface area contributed by atoms with Crippen molar-refractivity contribution < 1.29 is 9.53 Å². The van der Waals surface area contributed by atoms with Crippen molar-refractivity contribution in [1.29, 1.82) is 0 Å². The second kappa shape index (κ2) is 2.33. The molecule has 1 amide bonds. The molecule has 0 spiro atoms. The zero-order valence-electron chi connectivity index (χ0n) is 5.04. The second-order valence-electron chi connectivity index (χ2n) is 2.21. The Hall–Kier alpha value is -0.610. The summed E-state index contributed by atoms with van der Waals surface area (Å²) < 4.78 is 4.90. The van der Waals surface area contributed by atoms with Gasteiger partial charge in [-0.15, -0.1) is 0 Å². The van der Waals surface area contributed by atoms with Gasteiger partial charge in [0.05, 0.1) is 19.1 Å². The smallest absolute Gasteiger partial charge is 0.224 e. The number of amides is 1. The van der Waals surface area contributed by atoms with Crippen molar-refractivity contribution in [3.8, 4) is 0 Å². The van der Waals surface area contributed by atoms with Crippen LogP contribution >= 0.6 is 0 Å². The third-order valence-corrected chi connectivity index (χ3v) is 1.49. The van der Waals surface area contributed by atoms with Gasteiger partial charge in [-0.1, -0.05) is 0 Å². The van der Waals surface area contributed by atoms with E-state index in [0.29, 0.717) is 13.2 Å². The average molecular weight is 130 g/mol. The number of carbonyl (C=O) groups excluding carboxylic acids is 1. The summed E-state index contributed by atoms with van der Waals surface area (Å²) in [6, 6.07) is -0.192. The van der Waals surface area contributed by atoms with Gasteiger partial charge in [-0.05, 0) is 0 Å². The van der Waals surface area contributed by atoms with Crippen LogP contribution in [0.4, 0.5) is 0 Å². The molecule has 0 aromatic rings. The van der Waals surface area contributed by atoms with Crippen molar-refractivity contribution in [2.24, 2.45) is 17.4 Å². The van der Waals surface area contributed by atoms with Crippen LogP contribution in [0, 0.1) is 5.92 Å². The van der Waals surface area contributed by atoms with Crippen molar-refractivity contribution in [2.45, 2.75) is 6.04 Å². The molecule has 4 nitrogen and oxygen atoms in total. The molecule has 1 rings (SSSR count). The summed E-state index contributed by atoms with van der Waals surface area (Å²) >= 11 is 0. The van der Waals surface area contributed by atoms with Crippen LogP contribution < -0.4 is 11.5 Å². The number of carbonyl (C=O) groups is 1. The highest BCUT2D eigenvalue weighted by atomic mass is 16.5. The molecule has 0 radical (unpaired) electrons. The highest BCUT2D eigenvalue weighted by Crippen LogP contribution is 2.09. The van der Waals surface area contributed by atoms with Crippen LogP contribution in [-0.2, 0) is 9.53 Å². The van der Waals surface area contributed by atoms with E-state index in [1.54, 1.807) is 0 Å². The molecule has 9 heavy (non-hydrogen) atoms. The minimum absolute atomic E-state index is 0.192. The molecule has 0 aromatic heterocycles. The Balaban J connectivity index is 2.49. The zero-order chi connectivity index (χ0) is 6.85. The molecule has 0 saturated carbocycles. The van der Waals surface area contributed by atoms with Gasteiger partial charge < -0.3 is 16.2 Å². The zero-order valence-corrected chi connectivity index (χ0v) is 5.04. The molecule has 1 aliphatic heterocycles. The molecule has 4 heteroatoms. The van der Waals surface area contributed by atoms with Gasteiger partial charge in [-0.2, -0.15) is 0 Å². The van der Waals surface area contributed by atoms with Gasteiger partial charge in [0.15, 0.2) is 0 Å². The molecule has 2 atom stereocenters. The van der Waals surface area contributed by atoms with E-state index in [1.165, 1.54) is 0 Å². The minimum Gasteiger partial charge on any atom is -0.379 e. The minimum atomic E-state index is -0.361. The summed E-state index contributed by atoms with van der Waals surface area (Å²) in [5, 5.41) is 0. The Kier molecular flexibility index (Phi) is 1.68. The van der Waals surface area contributed by atoms with Gasteiger partial charge in [0, 0.05) is 6.04 Å². The van der Waals surface area contributed by atoms with Crippen LogP contribution in [-0.4, -0.2) is 25.2 Å². The quantitative estimate of drug-likeness (QED) is 0.451. The number of nitrogens with two attached hydrogens (primary N) is 2. The fourth-order valence-electron chi connectivity index (χ4n) is 0.864. The van der Waals surface area contributed by atoms with Gasteiger partial charge in [-0.3, -0.25) is 4.79 Å². The standard InChI is InChI=1S/C5H10N2O2/c6-4-2-9-1-3(4)5(7)8/h3-4H,1-2,6H2,(H2,7,8)/t3-,4+/m0/s1. The number of hydrogen-bond donors (Lipinski definition) is 2. The summed E-state index contributed by atoms with van der Waals surface area (Å²) in [6.45, 7) is 0.837. The van der Waals surface area contributed by atoms with Crippen LogP contribution in [0.5, 0.6) is 0 Å². The highest BCUT2D eigenvalue weighted by Gasteiger charge is 2.29. The van der Waals surface area contributed by atoms with Gasteiger partial charge in [0.25, 0.3) is 0 Å². The van der Waals surface area contributed by atoms with Crippen molar-refractivity contribution >= 4 is 5.91 Å². The first-order valence-corrected chi connectivity index (χ1v) is 2.84. The van der Waals surface area contributed by atoms with Gasteiger partial charge in [0.2, 0.25) is 5.91 Å². The first-order chi connectivity index (χ1) is 4.22. The molecule has 1 heterocycles. The fraction of sp³-hybridized carbons (Fsp3) is 0.800. The normalized spacial score (nSPS) is 34.8. The third-order valence-electron chi connectivity index (χ3n) is 1.49. The van der Waals surface area contributed by atoms with E-state index in [0.717, 1.165) is 0 Å². The van der Waals surface area contributed by atoms with Crippen molar-refractivity contribution in [3.05, 3.63) is 0 Å². The molecular formula is C5H10N2O2. The maximum absolute atomic E-state index is 10.5. The Morgan fingerprint density at radius 2 is 2.22 bits per heavy atom. The lowest BCUT2D eigenvalue weighted by Gasteiger charge is -2.06. The number of ether oxygens (including phenoxy) is 1. The summed E-state index contributed by atoms with van der Waals surface area (Å²) in [4.78, 5) is 10.5. The maximum atomic E-state index is 10.5. The molecule has 0 bridgehead atoms. The Morgan fingerprint density at radius 3 is 2.44 bits per heavy atom. The van der Waals surface area contributed by atoms with Crippen LogP contribution in [0.2, 0.25) is 0 Å². The lowest BCUT2D eigenvalue weighted by atomic mass is 10.1. The molecule has 1 saturated heterocycles. The Morgan fingerprint density at radius 1 is 1.56 bits per heavy atom. The van der Waals surface area contributed by atoms with Gasteiger partial charge in [-0.25, -0.2) is 0 Å². The topological polar surface area (TPSA) is 78.3 Å². The maximum Gasteiger partial charge on any atom is 0.224 e. The lowest BCUT2D eigenvalue weighted by molar-refractivity contribution is -0.121. The number of hydrogen-bond acceptors (Lipinski definition) is 3. The SMILES string of the molecule is NC(=O)[C@H]1COC[C@H]1N. The summed E-state index contributed by atoms with van der Waals surface area (Å²) in [5.74, 6) is -0.634. The van der Waals surface area contributed by atoms with Crippen LogP contribution in [0.3, 0.4) is 0 Å². The number of primary amides is 1. The van der Waals surface area contributed by atoms with Crippen molar-refractivity contribution in [1.82, 2.24) is 0 Å². The largest absolute Gasteiger partial charge is 0.379 e. The molecule has 1 fully saturated rings. The first-order valence-electron chi connectivity index (χ1n) is 2.84. The van der Waals surface area contributed by atoms with E-state index in [9.17, 15) is 4.79 Å². The van der Waals surface area contributed by atoms with Crippen molar-refractivity contribution in [3.63, 3.8) is 0 Å². The number of rotatable bonds is 1. The molecule has 52 valence electrons. The van der Waals surface area contributed by atoms with E-state index < -0.39 is 0 Å². The van der Waals surface area contributed by atoms with E-state index >= 15 is 0 Å².